The Balaban J connectivity index is 1.72. The first-order chi connectivity index (χ1) is 14.4. The number of carbonyl (C=O) groups excluding carboxylic acids is 1. The van der Waals surface area contributed by atoms with Gasteiger partial charge in [-0.15, -0.1) is 0 Å². The van der Waals surface area contributed by atoms with E-state index in [1.807, 2.05) is 31.2 Å². The number of benzene rings is 2. The molecule has 2 aromatic carbocycles. The van der Waals surface area contributed by atoms with Crippen molar-refractivity contribution in [3.05, 3.63) is 87.3 Å². The maximum Gasteiger partial charge on any atom is 0.328 e. The lowest BCUT2D eigenvalue weighted by Gasteiger charge is -2.07. The molecule has 0 aliphatic heterocycles. The summed E-state index contributed by atoms with van der Waals surface area (Å²) in [5.41, 5.74) is 4.55. The highest BCUT2D eigenvalue weighted by Crippen LogP contribution is 2.34. The van der Waals surface area contributed by atoms with Gasteiger partial charge in [0.25, 0.3) is 0 Å². The van der Waals surface area contributed by atoms with Crippen molar-refractivity contribution < 1.29 is 19.1 Å². The van der Waals surface area contributed by atoms with Gasteiger partial charge in [0.2, 0.25) is 5.91 Å². The van der Waals surface area contributed by atoms with Gasteiger partial charge in [-0.1, -0.05) is 29.8 Å². The Morgan fingerprint density at radius 1 is 1.10 bits per heavy atom. The molecule has 1 aliphatic carbocycles. The normalized spacial score (nSPS) is 14.4. The summed E-state index contributed by atoms with van der Waals surface area (Å²) in [4.78, 5) is 35.3. The van der Waals surface area contributed by atoms with Crippen LogP contribution in [-0.4, -0.2) is 17.0 Å². The predicted octanol–water partition coefficient (Wildman–Crippen LogP) is 4.17. The highest BCUT2D eigenvalue weighted by atomic mass is 16.4. The van der Waals surface area contributed by atoms with E-state index in [2.05, 4.69) is 11.4 Å². The summed E-state index contributed by atoms with van der Waals surface area (Å²) in [6, 6.07) is 12.9. The molecule has 0 saturated heterocycles. The van der Waals surface area contributed by atoms with Crippen molar-refractivity contribution in [3.8, 4) is 0 Å². The monoisotopic (exact) mass is 401 g/mol. The van der Waals surface area contributed by atoms with Crippen molar-refractivity contribution in [1.29, 1.82) is 0 Å². The van der Waals surface area contributed by atoms with Crippen LogP contribution >= 0.6 is 0 Å². The highest BCUT2D eigenvalue weighted by Gasteiger charge is 2.24. The first-order valence-corrected chi connectivity index (χ1v) is 9.50. The molecule has 0 spiro atoms. The molecular weight excluding hydrogens is 382 g/mol. The summed E-state index contributed by atoms with van der Waals surface area (Å²) < 4.78 is 6.09. The van der Waals surface area contributed by atoms with Gasteiger partial charge in [-0.2, -0.15) is 0 Å². The van der Waals surface area contributed by atoms with Crippen molar-refractivity contribution in [1.82, 2.24) is 0 Å². The molecule has 0 radical (unpaired) electrons. The molecule has 30 heavy (non-hydrogen) atoms. The molecule has 2 N–H and O–H groups in total. The molecule has 0 saturated carbocycles. The summed E-state index contributed by atoms with van der Waals surface area (Å²) in [7, 11) is 0. The van der Waals surface area contributed by atoms with Crippen LogP contribution in [0.15, 0.2) is 63.8 Å². The van der Waals surface area contributed by atoms with Gasteiger partial charge in [-0.05, 0) is 49.1 Å². The molecule has 1 aliphatic rings. The van der Waals surface area contributed by atoms with E-state index in [-0.39, 0.29) is 5.43 Å². The van der Waals surface area contributed by atoms with Crippen LogP contribution in [0.3, 0.4) is 0 Å². The van der Waals surface area contributed by atoms with Crippen LogP contribution in [0.1, 0.15) is 28.9 Å². The number of carboxylic acids is 1. The average molecular weight is 401 g/mol. The lowest BCUT2D eigenvalue weighted by atomic mass is 10.1. The van der Waals surface area contributed by atoms with E-state index in [0.29, 0.717) is 34.4 Å². The van der Waals surface area contributed by atoms with Gasteiger partial charge in [0.1, 0.15) is 11.3 Å². The van der Waals surface area contributed by atoms with Gasteiger partial charge < -0.3 is 14.8 Å². The van der Waals surface area contributed by atoms with Gasteiger partial charge in [0.15, 0.2) is 5.43 Å². The van der Waals surface area contributed by atoms with Crippen molar-refractivity contribution in [2.45, 2.75) is 19.8 Å². The summed E-state index contributed by atoms with van der Waals surface area (Å²) >= 11 is 0. The van der Waals surface area contributed by atoms with Crippen molar-refractivity contribution in [2.24, 2.45) is 0 Å². The smallest absolute Gasteiger partial charge is 0.328 e. The van der Waals surface area contributed by atoms with E-state index in [1.165, 1.54) is 0 Å². The topological polar surface area (TPSA) is 96.6 Å². The van der Waals surface area contributed by atoms with E-state index in [4.69, 9.17) is 9.52 Å². The second kappa shape index (κ2) is 7.83. The Kier molecular flexibility index (Phi) is 5.06. The number of aliphatic carboxylic acids is 1. The Morgan fingerprint density at radius 3 is 2.70 bits per heavy atom. The predicted molar refractivity (Wildman–Crippen MR) is 115 cm³/mol. The number of rotatable bonds is 4. The summed E-state index contributed by atoms with van der Waals surface area (Å²) in [6.07, 6.45) is 5.07. The summed E-state index contributed by atoms with van der Waals surface area (Å²) in [6.45, 7) is 2.03. The number of carboxylic acid groups (broad SMARTS) is 1. The quantitative estimate of drug-likeness (QED) is 0.640. The third kappa shape index (κ3) is 3.93. The van der Waals surface area contributed by atoms with Crippen LogP contribution in [0, 0.1) is 6.92 Å². The zero-order valence-corrected chi connectivity index (χ0v) is 16.3. The van der Waals surface area contributed by atoms with Gasteiger partial charge in [0, 0.05) is 29.5 Å². The molecule has 1 amide bonds. The number of allylic oxidation sites excluding steroid dienone is 1. The second-order valence-corrected chi connectivity index (χ2v) is 7.19. The van der Waals surface area contributed by atoms with Gasteiger partial charge in [0.05, 0.1) is 5.39 Å². The Labute approximate surface area is 172 Å². The Morgan fingerprint density at radius 2 is 1.93 bits per heavy atom. The van der Waals surface area contributed by atoms with Crippen LogP contribution in [0.5, 0.6) is 0 Å². The fraction of sp³-hybridized carbons (Fsp3) is 0.125. The number of hydrogen-bond donors (Lipinski definition) is 2. The molecule has 0 bridgehead atoms. The zero-order chi connectivity index (χ0) is 21.3. The molecule has 1 heterocycles. The van der Waals surface area contributed by atoms with Crippen molar-refractivity contribution in [2.75, 3.05) is 5.32 Å². The van der Waals surface area contributed by atoms with Crippen molar-refractivity contribution >= 4 is 40.2 Å². The van der Waals surface area contributed by atoms with Crippen LogP contribution in [0.2, 0.25) is 0 Å². The molecule has 0 fully saturated rings. The minimum absolute atomic E-state index is 0.0671. The van der Waals surface area contributed by atoms with Crippen LogP contribution in [0.25, 0.3) is 22.6 Å². The first-order valence-electron chi connectivity index (χ1n) is 9.50. The fourth-order valence-electron chi connectivity index (χ4n) is 3.60. The summed E-state index contributed by atoms with van der Waals surface area (Å²) in [5.74, 6) is -1.21. The van der Waals surface area contributed by atoms with E-state index in [1.54, 1.807) is 18.2 Å². The lowest BCUT2D eigenvalue weighted by molar-refractivity contribution is -0.131. The number of amides is 1. The Hall–Kier alpha value is -3.93. The largest absolute Gasteiger partial charge is 0.478 e. The fourth-order valence-corrected chi connectivity index (χ4v) is 3.60. The van der Waals surface area contributed by atoms with E-state index >= 15 is 0 Å². The molecule has 6 heteroatoms. The maximum atomic E-state index is 12.9. The third-order valence-electron chi connectivity index (χ3n) is 4.95. The molecule has 6 nitrogen and oxygen atoms in total. The van der Waals surface area contributed by atoms with E-state index in [9.17, 15) is 14.4 Å². The zero-order valence-electron chi connectivity index (χ0n) is 16.3. The lowest BCUT2D eigenvalue weighted by Crippen LogP contribution is -2.11. The van der Waals surface area contributed by atoms with Gasteiger partial charge in [-0.25, -0.2) is 4.79 Å². The molecule has 3 aromatic rings. The maximum absolute atomic E-state index is 12.9. The van der Waals surface area contributed by atoms with E-state index in [0.717, 1.165) is 35.3 Å². The number of anilines is 1. The minimum atomic E-state index is -1.21. The van der Waals surface area contributed by atoms with Crippen LogP contribution in [0.4, 0.5) is 5.69 Å². The van der Waals surface area contributed by atoms with Gasteiger partial charge in [-0.3, -0.25) is 9.59 Å². The van der Waals surface area contributed by atoms with Crippen LogP contribution < -0.4 is 10.7 Å². The molecule has 4 rings (SSSR count). The second-order valence-electron chi connectivity index (χ2n) is 7.19. The highest BCUT2D eigenvalue weighted by molar-refractivity contribution is 6.03. The molecule has 0 atom stereocenters. The number of hydrogen-bond acceptors (Lipinski definition) is 4. The van der Waals surface area contributed by atoms with Gasteiger partial charge >= 0.3 is 5.97 Å². The third-order valence-corrected chi connectivity index (χ3v) is 4.95. The number of nitrogens with one attached hydrogen (secondary N) is 1. The first kappa shape index (κ1) is 19.4. The Bertz CT molecular complexity index is 1300. The molecule has 1 aromatic heterocycles. The molecular formula is C24H19NO5. The molecule has 0 unspecified atom stereocenters. The SMILES string of the molecule is Cc1cccc(C=C2CCc3c2oc2cc(NC(=O)/C=C/C(=O)O)ccc2c3=O)c1. The summed E-state index contributed by atoms with van der Waals surface area (Å²) in [5, 5.41) is 11.6. The van der Waals surface area contributed by atoms with E-state index < -0.39 is 11.9 Å². The number of fused-ring (bicyclic) bond motifs is 2. The number of aryl methyl sites for hydroxylation is 1. The molecule has 150 valence electrons. The number of carbonyl (C=O) groups is 2. The average Bonchev–Trinajstić information content (AvgIpc) is 3.09. The minimum Gasteiger partial charge on any atom is -0.478 e. The standard InChI is InChI=1S/C24H19NO5/c1-14-3-2-4-15(11-14)12-16-5-7-19-23(29)18-8-6-17(13-20(18)30-24(16)19)25-21(26)9-10-22(27)28/h2-4,6,8-13H,5,7H2,1H3,(H,25,26)(H,27,28)/b10-9+,16-12?. The van der Waals surface area contributed by atoms with Crippen molar-refractivity contribution in [3.63, 3.8) is 0 Å². The van der Waals surface area contributed by atoms with Crippen LogP contribution in [-0.2, 0) is 16.0 Å².